The van der Waals surface area contributed by atoms with E-state index in [1.165, 1.54) is 18.7 Å². The van der Waals surface area contributed by atoms with Crippen LogP contribution in [0.3, 0.4) is 0 Å². The molecular formula is C34H25NO4S. The van der Waals surface area contributed by atoms with Crippen molar-refractivity contribution in [1.29, 1.82) is 0 Å². The van der Waals surface area contributed by atoms with Gasteiger partial charge in [0.05, 0.1) is 0 Å². The fraction of sp³-hybridized carbons (Fsp3) is 0.0588. The second kappa shape index (κ2) is 11.9. The van der Waals surface area contributed by atoms with Gasteiger partial charge in [-0.25, -0.2) is 4.79 Å². The van der Waals surface area contributed by atoms with Crippen molar-refractivity contribution in [1.82, 2.24) is 0 Å². The maximum atomic E-state index is 13.3. The Labute approximate surface area is 236 Å². The lowest BCUT2D eigenvalue weighted by Crippen LogP contribution is -2.18. The third-order valence-corrected chi connectivity index (χ3v) is 7.38. The van der Waals surface area contributed by atoms with E-state index in [4.69, 9.17) is 4.84 Å². The Kier molecular flexibility index (Phi) is 7.99. The molecule has 40 heavy (non-hydrogen) atoms. The number of oxime groups is 1. The molecule has 5 aromatic carbocycles. The number of benzene rings is 5. The minimum absolute atomic E-state index is 0.0231. The van der Waals surface area contributed by atoms with E-state index in [9.17, 15) is 14.4 Å². The molecule has 0 heterocycles. The van der Waals surface area contributed by atoms with E-state index in [1.807, 2.05) is 97.9 Å². The fourth-order valence-corrected chi connectivity index (χ4v) is 5.10. The predicted octanol–water partition coefficient (Wildman–Crippen LogP) is 7.68. The van der Waals surface area contributed by atoms with Gasteiger partial charge >= 0.3 is 5.97 Å². The Hall–Kier alpha value is -4.81. The van der Waals surface area contributed by atoms with Crippen molar-refractivity contribution in [2.45, 2.75) is 23.6 Å². The molecule has 5 nitrogen and oxygen atoms in total. The molecule has 0 fully saturated rings. The molecule has 0 amide bonds. The summed E-state index contributed by atoms with van der Waals surface area (Å²) in [5, 5.41) is 6.00. The maximum Gasteiger partial charge on any atom is 0.332 e. The first-order valence-electron chi connectivity index (χ1n) is 12.7. The molecule has 0 aliphatic rings. The lowest BCUT2D eigenvalue weighted by atomic mass is 9.97. The number of fused-ring (bicyclic) bond motifs is 1. The number of carbonyl (C=O) groups is 3. The second-order valence-corrected chi connectivity index (χ2v) is 10.4. The topological polar surface area (TPSA) is 72.8 Å². The summed E-state index contributed by atoms with van der Waals surface area (Å²) in [5.41, 5.74) is 3.22. The number of aryl methyl sites for hydroxylation is 1. The summed E-state index contributed by atoms with van der Waals surface area (Å²) in [6.07, 6.45) is 0. The summed E-state index contributed by atoms with van der Waals surface area (Å²) >= 11 is 1.53. The SMILES string of the molecule is CC(=O)ON=C(C(=O)c1ccc(Sc2ccc(C(=O)c3ccc4ccccc4c3)cc2)cc1)c1ccccc1C. The highest BCUT2D eigenvalue weighted by atomic mass is 32.2. The molecule has 5 aromatic rings. The lowest BCUT2D eigenvalue weighted by molar-refractivity contribution is -0.140. The predicted molar refractivity (Wildman–Crippen MR) is 158 cm³/mol. The van der Waals surface area contributed by atoms with Gasteiger partial charge in [-0.15, -0.1) is 0 Å². The Bertz CT molecular complexity index is 1760. The number of ketones is 2. The van der Waals surface area contributed by atoms with Crippen LogP contribution in [0.1, 0.15) is 44.3 Å². The van der Waals surface area contributed by atoms with E-state index in [2.05, 4.69) is 5.16 Å². The average Bonchev–Trinajstić information content (AvgIpc) is 2.98. The van der Waals surface area contributed by atoms with E-state index < -0.39 is 5.97 Å². The van der Waals surface area contributed by atoms with Gasteiger partial charge in [-0.3, -0.25) is 9.59 Å². The first-order valence-corrected chi connectivity index (χ1v) is 13.5. The van der Waals surface area contributed by atoms with Gasteiger partial charge in [-0.2, -0.15) is 0 Å². The van der Waals surface area contributed by atoms with Gasteiger partial charge in [0.1, 0.15) is 0 Å². The molecule has 5 rings (SSSR count). The zero-order chi connectivity index (χ0) is 28.1. The van der Waals surface area contributed by atoms with Crippen LogP contribution in [0.25, 0.3) is 10.8 Å². The van der Waals surface area contributed by atoms with Crippen molar-refractivity contribution in [2.24, 2.45) is 5.16 Å². The number of rotatable bonds is 8. The maximum absolute atomic E-state index is 13.3. The van der Waals surface area contributed by atoms with Crippen LogP contribution in [-0.4, -0.2) is 23.2 Å². The van der Waals surface area contributed by atoms with E-state index in [0.717, 1.165) is 26.1 Å². The molecule has 0 saturated heterocycles. The van der Waals surface area contributed by atoms with Gasteiger partial charge in [-0.05, 0) is 77.9 Å². The van der Waals surface area contributed by atoms with Crippen molar-refractivity contribution >= 4 is 45.8 Å². The van der Waals surface area contributed by atoms with Crippen LogP contribution in [0.2, 0.25) is 0 Å². The van der Waals surface area contributed by atoms with Crippen molar-refractivity contribution in [3.8, 4) is 0 Å². The molecule has 6 heteroatoms. The zero-order valence-electron chi connectivity index (χ0n) is 22.0. The molecule has 0 aliphatic carbocycles. The highest BCUT2D eigenvalue weighted by molar-refractivity contribution is 7.99. The number of hydrogen-bond acceptors (Lipinski definition) is 6. The molecule has 0 bridgehead atoms. The van der Waals surface area contributed by atoms with Gasteiger partial charge in [0.15, 0.2) is 11.5 Å². The Morgan fingerprint density at radius 1 is 0.650 bits per heavy atom. The van der Waals surface area contributed by atoms with Crippen LogP contribution >= 0.6 is 11.8 Å². The summed E-state index contributed by atoms with van der Waals surface area (Å²) in [7, 11) is 0. The highest BCUT2D eigenvalue weighted by Gasteiger charge is 2.20. The molecular weight excluding hydrogens is 518 g/mol. The van der Waals surface area contributed by atoms with Gasteiger partial charge in [-0.1, -0.05) is 77.6 Å². The van der Waals surface area contributed by atoms with Gasteiger partial charge in [0.25, 0.3) is 0 Å². The molecule has 0 saturated carbocycles. The number of hydrogen-bond donors (Lipinski definition) is 0. The van der Waals surface area contributed by atoms with Crippen LogP contribution in [-0.2, 0) is 9.63 Å². The van der Waals surface area contributed by atoms with Crippen LogP contribution in [0.4, 0.5) is 0 Å². The highest BCUT2D eigenvalue weighted by Crippen LogP contribution is 2.29. The molecule has 0 atom stereocenters. The van der Waals surface area contributed by atoms with E-state index in [0.29, 0.717) is 22.3 Å². The minimum Gasteiger partial charge on any atom is -0.318 e. The number of Topliss-reactive ketones (excluding diaryl/α,β-unsaturated/α-hetero) is 1. The normalized spacial score (nSPS) is 11.3. The van der Waals surface area contributed by atoms with Crippen molar-refractivity contribution in [3.05, 3.63) is 143 Å². The monoisotopic (exact) mass is 543 g/mol. The van der Waals surface area contributed by atoms with Gasteiger partial charge < -0.3 is 4.84 Å². The molecule has 0 spiro atoms. The summed E-state index contributed by atoms with van der Waals surface area (Å²) in [5.74, 6) is -0.968. The van der Waals surface area contributed by atoms with Crippen LogP contribution in [0, 0.1) is 6.92 Å². The largest absolute Gasteiger partial charge is 0.332 e. The van der Waals surface area contributed by atoms with Crippen molar-refractivity contribution < 1.29 is 19.2 Å². The summed E-state index contributed by atoms with van der Waals surface area (Å²) in [6, 6.07) is 35.7. The molecule has 0 unspecified atom stereocenters. The summed E-state index contributed by atoms with van der Waals surface area (Å²) in [6.45, 7) is 3.10. The standard InChI is InChI=1S/C34H25NO4S/c1-22-7-3-6-10-31(22)32(35-39-23(2)36)34(38)26-15-19-30(20-16-26)40-29-17-13-25(14-18-29)33(37)28-12-11-24-8-4-5-9-27(24)21-28/h3-21H,1-2H3. The van der Waals surface area contributed by atoms with E-state index in [1.54, 1.807) is 24.3 Å². The fourth-order valence-electron chi connectivity index (χ4n) is 4.28. The van der Waals surface area contributed by atoms with Gasteiger partial charge in [0.2, 0.25) is 5.78 Å². The number of nitrogens with zero attached hydrogens (tertiary/aromatic N) is 1. The average molecular weight is 544 g/mol. The smallest absolute Gasteiger partial charge is 0.318 e. The molecule has 196 valence electrons. The quantitative estimate of drug-likeness (QED) is 0.0869. The Morgan fingerprint density at radius 3 is 1.88 bits per heavy atom. The number of carbonyl (C=O) groups excluding carboxylic acids is 3. The van der Waals surface area contributed by atoms with Crippen molar-refractivity contribution in [2.75, 3.05) is 0 Å². The van der Waals surface area contributed by atoms with E-state index >= 15 is 0 Å². The molecule has 0 aliphatic heterocycles. The summed E-state index contributed by atoms with van der Waals surface area (Å²) < 4.78 is 0. The van der Waals surface area contributed by atoms with Crippen LogP contribution < -0.4 is 0 Å². The van der Waals surface area contributed by atoms with Crippen LogP contribution in [0.15, 0.2) is 130 Å². The summed E-state index contributed by atoms with van der Waals surface area (Å²) in [4.78, 5) is 44.4. The molecule has 0 N–H and O–H groups in total. The lowest BCUT2D eigenvalue weighted by Gasteiger charge is -2.09. The zero-order valence-corrected chi connectivity index (χ0v) is 22.8. The third-order valence-electron chi connectivity index (χ3n) is 6.36. The second-order valence-electron chi connectivity index (χ2n) is 9.21. The first-order chi connectivity index (χ1) is 19.4. The molecule has 0 aromatic heterocycles. The van der Waals surface area contributed by atoms with Crippen molar-refractivity contribution in [3.63, 3.8) is 0 Å². The third kappa shape index (κ3) is 6.08. The first kappa shape index (κ1) is 26.8. The van der Waals surface area contributed by atoms with Gasteiger partial charge in [0, 0.05) is 39.0 Å². The molecule has 0 radical (unpaired) electrons. The van der Waals surface area contributed by atoms with Crippen LogP contribution in [0.5, 0.6) is 0 Å². The Morgan fingerprint density at radius 2 is 1.23 bits per heavy atom. The Balaban J connectivity index is 1.30. The van der Waals surface area contributed by atoms with E-state index in [-0.39, 0.29) is 17.3 Å². The minimum atomic E-state index is -0.601.